The molecule has 92 valence electrons. The predicted molar refractivity (Wildman–Crippen MR) is 63.0 cm³/mol. The van der Waals surface area contributed by atoms with E-state index in [4.69, 9.17) is 4.74 Å². The monoisotopic (exact) mass is 302 g/mol. The van der Waals surface area contributed by atoms with Gasteiger partial charge in [-0.1, -0.05) is 22.0 Å². The van der Waals surface area contributed by atoms with Crippen LogP contribution in [0.3, 0.4) is 0 Å². The molecule has 5 heteroatoms. The minimum absolute atomic E-state index is 0.355. The number of hydrogen-bond acceptors (Lipinski definition) is 3. The molecule has 2 unspecified atom stereocenters. The van der Waals surface area contributed by atoms with Gasteiger partial charge in [0.05, 0.1) is 7.11 Å². The van der Waals surface area contributed by atoms with Crippen LogP contribution in [0.25, 0.3) is 0 Å². The van der Waals surface area contributed by atoms with Crippen LogP contribution in [0.15, 0.2) is 22.7 Å². The molecule has 1 fully saturated rings. The van der Waals surface area contributed by atoms with Crippen LogP contribution in [0.2, 0.25) is 0 Å². The molecule has 2 rings (SSSR count). The Labute approximate surface area is 107 Å². The number of methoxy groups -OCH3 is 1. The van der Waals surface area contributed by atoms with E-state index in [0.717, 1.165) is 0 Å². The Morgan fingerprint density at radius 2 is 2.12 bits per heavy atom. The smallest absolute Gasteiger partial charge is 0.341 e. The minimum atomic E-state index is -1.11. The van der Waals surface area contributed by atoms with Gasteiger partial charge in [0.2, 0.25) is 0 Å². The van der Waals surface area contributed by atoms with Gasteiger partial charge in [-0.15, -0.1) is 0 Å². The topological polar surface area (TPSA) is 38.8 Å². The van der Waals surface area contributed by atoms with Crippen molar-refractivity contribution in [1.82, 2.24) is 0 Å². The zero-order chi connectivity index (χ0) is 12.8. The first kappa shape index (κ1) is 12.5. The summed E-state index contributed by atoms with van der Waals surface area (Å²) in [6, 6.07) is 4.66. The molecule has 0 amide bonds. The summed E-state index contributed by atoms with van der Waals surface area (Å²) in [5, 5.41) is 0. The molecule has 1 aromatic rings. The summed E-state index contributed by atoms with van der Waals surface area (Å²) >= 11 is 3.18. The lowest BCUT2D eigenvalue weighted by Crippen LogP contribution is -2.29. The molecule has 0 aromatic heterocycles. The number of halogens is 2. The van der Waals surface area contributed by atoms with Gasteiger partial charge < -0.3 is 9.47 Å². The van der Waals surface area contributed by atoms with Crippen LogP contribution in [0.4, 0.5) is 4.39 Å². The fourth-order valence-corrected chi connectivity index (χ4v) is 2.34. The fraction of sp³-hybridized carbons (Fsp3) is 0.417. The lowest BCUT2D eigenvalue weighted by atomic mass is 9.88. The Balaban J connectivity index is 2.40. The number of carbonyl (C=O) groups is 1. The van der Waals surface area contributed by atoms with Crippen molar-refractivity contribution in [2.45, 2.75) is 25.0 Å². The van der Waals surface area contributed by atoms with Crippen molar-refractivity contribution >= 4 is 21.9 Å². The molecule has 0 N–H and O–H groups in total. The van der Waals surface area contributed by atoms with Crippen LogP contribution in [0.1, 0.15) is 19.4 Å². The second-order valence-electron chi connectivity index (χ2n) is 4.28. The van der Waals surface area contributed by atoms with Crippen LogP contribution >= 0.6 is 15.9 Å². The average molecular weight is 303 g/mol. The lowest BCUT2D eigenvalue weighted by molar-refractivity contribution is -0.146. The van der Waals surface area contributed by atoms with Gasteiger partial charge in [-0.25, -0.2) is 9.18 Å². The molecule has 1 aromatic carbocycles. The maximum atomic E-state index is 13.8. The summed E-state index contributed by atoms with van der Waals surface area (Å²) in [5.41, 5.74) is -1.73. The Kier molecular flexibility index (Phi) is 2.78. The molecule has 0 aliphatic carbocycles. The van der Waals surface area contributed by atoms with E-state index in [-0.39, 0.29) is 0 Å². The van der Waals surface area contributed by atoms with Crippen molar-refractivity contribution in [1.29, 1.82) is 0 Å². The lowest BCUT2D eigenvalue weighted by Gasteiger charge is -2.12. The first-order chi connectivity index (χ1) is 7.85. The molecule has 0 spiro atoms. The van der Waals surface area contributed by atoms with Gasteiger partial charge in [-0.05, 0) is 26.0 Å². The molecule has 3 nitrogen and oxygen atoms in total. The van der Waals surface area contributed by atoms with E-state index in [0.29, 0.717) is 10.0 Å². The van der Waals surface area contributed by atoms with E-state index in [1.54, 1.807) is 26.0 Å². The van der Waals surface area contributed by atoms with Crippen LogP contribution in [0, 0.1) is 5.82 Å². The normalized spacial score (nSPS) is 31.1. The average Bonchev–Trinajstić information content (AvgIpc) is 2.82. The Bertz CT molecular complexity index is 491. The van der Waals surface area contributed by atoms with Gasteiger partial charge in [-0.3, -0.25) is 0 Å². The van der Waals surface area contributed by atoms with Gasteiger partial charge in [0.15, 0.2) is 5.60 Å². The molecule has 0 radical (unpaired) electrons. The van der Waals surface area contributed by atoms with Crippen molar-refractivity contribution in [3.63, 3.8) is 0 Å². The van der Waals surface area contributed by atoms with Gasteiger partial charge >= 0.3 is 5.97 Å². The Hall–Kier alpha value is -0.940. The van der Waals surface area contributed by atoms with E-state index < -0.39 is 23.0 Å². The van der Waals surface area contributed by atoms with E-state index in [1.165, 1.54) is 13.2 Å². The van der Waals surface area contributed by atoms with E-state index in [1.807, 2.05) is 0 Å². The third-order valence-electron chi connectivity index (χ3n) is 3.30. The number of epoxide rings is 1. The first-order valence-electron chi connectivity index (χ1n) is 5.09. The number of ether oxygens (including phenoxy) is 2. The van der Waals surface area contributed by atoms with Crippen molar-refractivity contribution < 1.29 is 18.7 Å². The second kappa shape index (κ2) is 3.78. The molecule has 17 heavy (non-hydrogen) atoms. The molecular weight excluding hydrogens is 291 g/mol. The number of esters is 1. The summed E-state index contributed by atoms with van der Waals surface area (Å²) in [6.45, 7) is 3.27. The number of rotatable bonds is 2. The van der Waals surface area contributed by atoms with Crippen LogP contribution in [0.5, 0.6) is 0 Å². The largest absolute Gasteiger partial charge is 0.467 e. The van der Waals surface area contributed by atoms with Crippen molar-refractivity contribution in [3.05, 3.63) is 34.1 Å². The quantitative estimate of drug-likeness (QED) is 0.623. The van der Waals surface area contributed by atoms with Crippen molar-refractivity contribution in [3.8, 4) is 0 Å². The summed E-state index contributed by atoms with van der Waals surface area (Å²) in [6.07, 6.45) is 0. The maximum absolute atomic E-state index is 13.8. The first-order valence-corrected chi connectivity index (χ1v) is 5.88. The van der Waals surface area contributed by atoms with Gasteiger partial charge in [0, 0.05) is 10.0 Å². The minimum Gasteiger partial charge on any atom is -0.467 e. The van der Waals surface area contributed by atoms with Gasteiger partial charge in [0.1, 0.15) is 11.4 Å². The van der Waals surface area contributed by atoms with Gasteiger partial charge in [-0.2, -0.15) is 0 Å². The van der Waals surface area contributed by atoms with E-state index in [9.17, 15) is 9.18 Å². The zero-order valence-corrected chi connectivity index (χ0v) is 11.3. The molecule has 1 aliphatic heterocycles. The third-order valence-corrected chi connectivity index (χ3v) is 3.79. The van der Waals surface area contributed by atoms with Crippen molar-refractivity contribution in [2.24, 2.45) is 0 Å². The highest BCUT2D eigenvalue weighted by molar-refractivity contribution is 9.10. The molecule has 0 bridgehead atoms. The molecule has 1 heterocycles. The standard InChI is InChI=1S/C12H12BrFO3/c1-11(12(2,17-11)10(15)16-3)8-5-4-7(13)6-9(8)14/h4-6H,1-3H3. The van der Waals surface area contributed by atoms with Crippen molar-refractivity contribution in [2.75, 3.05) is 7.11 Å². The molecule has 2 atom stereocenters. The van der Waals surface area contributed by atoms with E-state index in [2.05, 4.69) is 20.7 Å². The van der Waals surface area contributed by atoms with E-state index >= 15 is 0 Å². The highest BCUT2D eigenvalue weighted by atomic mass is 79.9. The third kappa shape index (κ3) is 1.68. The van der Waals surface area contributed by atoms with Crippen LogP contribution in [-0.2, 0) is 19.9 Å². The SMILES string of the molecule is COC(=O)C1(C)OC1(C)c1ccc(Br)cc1F. The highest BCUT2D eigenvalue weighted by Crippen LogP contribution is 2.56. The summed E-state index contributed by atoms with van der Waals surface area (Å²) in [7, 11) is 1.29. The zero-order valence-electron chi connectivity index (χ0n) is 9.71. The van der Waals surface area contributed by atoms with Gasteiger partial charge in [0.25, 0.3) is 0 Å². The summed E-state index contributed by atoms with van der Waals surface area (Å²) in [5.74, 6) is -0.906. The fourth-order valence-electron chi connectivity index (χ4n) is 2.00. The number of benzene rings is 1. The highest BCUT2D eigenvalue weighted by Gasteiger charge is 2.71. The Morgan fingerprint density at radius 1 is 1.47 bits per heavy atom. The second-order valence-corrected chi connectivity index (χ2v) is 5.20. The summed E-state index contributed by atoms with van der Waals surface area (Å²) in [4.78, 5) is 11.6. The maximum Gasteiger partial charge on any atom is 0.341 e. The van der Waals surface area contributed by atoms with Crippen LogP contribution in [-0.4, -0.2) is 18.7 Å². The predicted octanol–water partition coefficient (Wildman–Crippen LogP) is 2.77. The number of hydrogen-bond donors (Lipinski definition) is 0. The number of carbonyl (C=O) groups excluding carboxylic acids is 1. The molecule has 0 saturated carbocycles. The van der Waals surface area contributed by atoms with Crippen LogP contribution < -0.4 is 0 Å². The molecule has 1 saturated heterocycles. The molecule has 1 aliphatic rings. The Morgan fingerprint density at radius 3 is 2.65 bits per heavy atom. The summed E-state index contributed by atoms with van der Waals surface area (Å²) < 4.78 is 24.6. The molecular formula is C12H12BrFO3.